The average Bonchev–Trinajstić information content (AvgIpc) is 3.51. The minimum atomic E-state index is -0.633. The third-order valence-electron chi connectivity index (χ3n) is 5.72. The molecule has 1 fully saturated rings. The van der Waals surface area contributed by atoms with E-state index in [0.29, 0.717) is 25.9 Å². The summed E-state index contributed by atoms with van der Waals surface area (Å²) in [4.78, 5) is 31.7. The summed E-state index contributed by atoms with van der Waals surface area (Å²) in [5.41, 5.74) is 2.84. The molecule has 162 valence electrons. The first-order chi connectivity index (χ1) is 14.9. The summed E-state index contributed by atoms with van der Waals surface area (Å²) < 4.78 is 1.51. The summed E-state index contributed by atoms with van der Waals surface area (Å²) in [6.07, 6.45) is 4.18. The van der Waals surface area contributed by atoms with Gasteiger partial charge in [-0.1, -0.05) is 24.3 Å². The molecule has 1 aliphatic heterocycles. The molecule has 7 nitrogen and oxygen atoms in total. The number of carbonyl (C=O) groups excluding carboxylic acids is 2. The maximum atomic E-state index is 13.2. The van der Waals surface area contributed by atoms with E-state index in [1.165, 1.54) is 28.5 Å². The topological polar surface area (TPSA) is 80.1 Å². The second kappa shape index (κ2) is 9.01. The summed E-state index contributed by atoms with van der Waals surface area (Å²) >= 11 is 1.68. The molecular weight excluding hydrogens is 410 g/mol. The molecule has 0 spiro atoms. The number of nitrogens with one attached hydrogen (secondary N) is 1. The van der Waals surface area contributed by atoms with E-state index in [9.17, 15) is 9.59 Å². The van der Waals surface area contributed by atoms with Crippen LogP contribution in [0.4, 0.5) is 0 Å². The smallest absolute Gasteiger partial charge is 0.244 e. The van der Waals surface area contributed by atoms with E-state index in [2.05, 4.69) is 56.5 Å². The summed E-state index contributed by atoms with van der Waals surface area (Å²) in [6.45, 7) is 5.03. The third kappa shape index (κ3) is 4.85. The Morgan fingerprint density at radius 2 is 2.00 bits per heavy atom. The number of rotatable bonds is 7. The monoisotopic (exact) mass is 437 g/mol. The highest BCUT2D eigenvalue weighted by atomic mass is 32.1. The van der Waals surface area contributed by atoms with E-state index in [0.717, 1.165) is 5.56 Å². The molecule has 0 saturated carbocycles. The molecule has 4 rings (SSSR count). The van der Waals surface area contributed by atoms with Crippen LogP contribution >= 0.6 is 11.3 Å². The highest BCUT2D eigenvalue weighted by Crippen LogP contribution is 2.35. The van der Waals surface area contributed by atoms with Gasteiger partial charge in [-0.3, -0.25) is 9.59 Å². The highest BCUT2D eigenvalue weighted by molar-refractivity contribution is 7.08. The zero-order chi connectivity index (χ0) is 21.8. The Labute approximate surface area is 186 Å². The minimum absolute atomic E-state index is 0.0143. The molecule has 31 heavy (non-hydrogen) atoms. The fourth-order valence-corrected chi connectivity index (χ4v) is 4.76. The van der Waals surface area contributed by atoms with E-state index in [4.69, 9.17) is 0 Å². The maximum absolute atomic E-state index is 13.2. The van der Waals surface area contributed by atoms with Gasteiger partial charge in [0.15, 0.2) is 0 Å². The summed E-state index contributed by atoms with van der Waals surface area (Å²) in [5, 5.41) is 11.3. The van der Waals surface area contributed by atoms with Crippen molar-refractivity contribution in [2.75, 3.05) is 13.1 Å². The van der Waals surface area contributed by atoms with Crippen molar-refractivity contribution in [1.82, 2.24) is 25.0 Å². The van der Waals surface area contributed by atoms with Crippen molar-refractivity contribution in [3.63, 3.8) is 0 Å². The van der Waals surface area contributed by atoms with Gasteiger partial charge in [-0.05, 0) is 60.2 Å². The van der Waals surface area contributed by atoms with Gasteiger partial charge < -0.3 is 10.2 Å². The Morgan fingerprint density at radius 1 is 1.19 bits per heavy atom. The Hall–Kier alpha value is -3.00. The van der Waals surface area contributed by atoms with Crippen LogP contribution in [0.5, 0.6) is 0 Å². The fraction of sp³-hybridized carbons (Fsp3) is 0.391. The number of nitrogens with zero attached hydrogens (tertiary/aromatic N) is 4. The first-order valence-corrected chi connectivity index (χ1v) is 11.4. The van der Waals surface area contributed by atoms with E-state index < -0.39 is 5.41 Å². The number of benzene rings is 1. The van der Waals surface area contributed by atoms with Gasteiger partial charge in [0.25, 0.3) is 0 Å². The van der Waals surface area contributed by atoms with Crippen LogP contribution in [0.1, 0.15) is 25.8 Å². The van der Waals surface area contributed by atoms with Crippen molar-refractivity contribution in [3.8, 4) is 11.1 Å². The number of thiophene rings is 1. The molecule has 2 amide bonds. The number of likely N-dealkylation sites (tertiary alicyclic amines) is 1. The molecule has 1 N–H and O–H groups in total. The molecule has 1 aromatic carbocycles. The average molecular weight is 438 g/mol. The summed E-state index contributed by atoms with van der Waals surface area (Å²) in [6, 6.07) is 10.5. The van der Waals surface area contributed by atoms with Crippen LogP contribution in [0.25, 0.3) is 11.1 Å². The SMILES string of the molecule is CC(C)NC(=O)[C@@]1(Cc2ccc(-c3ccsc3)cc2)CCN(C(=O)Cn2cncn2)C1. The van der Waals surface area contributed by atoms with Crippen molar-refractivity contribution in [2.24, 2.45) is 5.41 Å². The second-order valence-electron chi connectivity index (χ2n) is 8.45. The molecule has 1 atom stereocenters. The zero-order valence-electron chi connectivity index (χ0n) is 17.8. The number of hydrogen-bond donors (Lipinski definition) is 1. The van der Waals surface area contributed by atoms with Gasteiger partial charge in [-0.25, -0.2) is 9.67 Å². The highest BCUT2D eigenvalue weighted by Gasteiger charge is 2.46. The molecule has 8 heteroatoms. The molecule has 0 aliphatic carbocycles. The molecule has 2 aromatic heterocycles. The Bertz CT molecular complexity index is 1010. The quantitative estimate of drug-likeness (QED) is 0.616. The molecule has 1 aliphatic rings. The minimum Gasteiger partial charge on any atom is -0.353 e. The van der Waals surface area contributed by atoms with Crippen LogP contribution in [0, 0.1) is 5.41 Å². The van der Waals surface area contributed by atoms with Crippen molar-refractivity contribution in [1.29, 1.82) is 0 Å². The first kappa shape index (κ1) is 21.2. The normalized spacial score (nSPS) is 18.5. The number of aromatic nitrogens is 3. The van der Waals surface area contributed by atoms with Crippen LogP contribution in [0.15, 0.2) is 53.7 Å². The van der Waals surface area contributed by atoms with E-state index >= 15 is 0 Å². The lowest BCUT2D eigenvalue weighted by Crippen LogP contribution is -2.47. The van der Waals surface area contributed by atoms with Crippen LogP contribution in [-0.4, -0.2) is 50.6 Å². The van der Waals surface area contributed by atoms with Gasteiger partial charge in [-0.2, -0.15) is 16.4 Å². The van der Waals surface area contributed by atoms with Crippen molar-refractivity contribution in [2.45, 2.75) is 39.3 Å². The number of amides is 2. The van der Waals surface area contributed by atoms with Crippen molar-refractivity contribution >= 4 is 23.2 Å². The Kier molecular flexibility index (Phi) is 6.18. The van der Waals surface area contributed by atoms with E-state index in [1.54, 1.807) is 16.2 Å². The van der Waals surface area contributed by atoms with Gasteiger partial charge in [0.1, 0.15) is 19.2 Å². The maximum Gasteiger partial charge on any atom is 0.244 e. The van der Waals surface area contributed by atoms with Crippen molar-refractivity contribution < 1.29 is 9.59 Å². The molecule has 0 radical (unpaired) electrons. The van der Waals surface area contributed by atoms with Crippen LogP contribution in [0.3, 0.4) is 0 Å². The van der Waals surface area contributed by atoms with Gasteiger partial charge >= 0.3 is 0 Å². The lowest BCUT2D eigenvalue weighted by molar-refractivity contribution is -0.134. The fourth-order valence-electron chi connectivity index (χ4n) is 4.10. The molecule has 0 bridgehead atoms. The Morgan fingerprint density at radius 3 is 2.65 bits per heavy atom. The van der Waals surface area contributed by atoms with Gasteiger partial charge in [-0.15, -0.1) is 0 Å². The third-order valence-corrected chi connectivity index (χ3v) is 6.41. The van der Waals surface area contributed by atoms with Crippen LogP contribution in [-0.2, 0) is 22.6 Å². The summed E-state index contributed by atoms with van der Waals surface area (Å²) in [5.74, 6) is -0.0296. The molecule has 1 saturated heterocycles. The lowest BCUT2D eigenvalue weighted by Gasteiger charge is -2.29. The lowest BCUT2D eigenvalue weighted by atomic mass is 9.79. The van der Waals surface area contributed by atoms with Gasteiger partial charge in [0, 0.05) is 19.1 Å². The molecule has 0 unspecified atom stereocenters. The Balaban J connectivity index is 1.51. The number of carbonyl (C=O) groups is 2. The molecule has 3 heterocycles. The summed E-state index contributed by atoms with van der Waals surface area (Å²) in [7, 11) is 0. The predicted molar refractivity (Wildman–Crippen MR) is 120 cm³/mol. The standard InChI is InChI=1S/C23H27N5O2S/c1-17(2)26-22(30)23(8-9-27(14-23)21(29)12-28-16-24-15-25-28)11-18-3-5-19(6-4-18)20-7-10-31-13-20/h3-7,10,13,15-17H,8-9,11-12,14H2,1-2H3,(H,26,30)/t23-/m1/s1. The number of hydrogen-bond acceptors (Lipinski definition) is 5. The largest absolute Gasteiger partial charge is 0.353 e. The first-order valence-electron chi connectivity index (χ1n) is 10.5. The van der Waals surface area contributed by atoms with Crippen LogP contribution in [0.2, 0.25) is 0 Å². The molecule has 3 aromatic rings. The van der Waals surface area contributed by atoms with Gasteiger partial charge in [0.2, 0.25) is 11.8 Å². The molecular formula is C23H27N5O2S. The van der Waals surface area contributed by atoms with Crippen LogP contribution < -0.4 is 5.32 Å². The zero-order valence-corrected chi connectivity index (χ0v) is 18.6. The van der Waals surface area contributed by atoms with Crippen molar-refractivity contribution in [3.05, 3.63) is 59.3 Å². The van der Waals surface area contributed by atoms with E-state index in [1.807, 2.05) is 13.8 Å². The predicted octanol–water partition coefficient (Wildman–Crippen LogP) is 2.99. The second-order valence-corrected chi connectivity index (χ2v) is 9.23. The van der Waals surface area contributed by atoms with Gasteiger partial charge in [0.05, 0.1) is 5.41 Å². The van der Waals surface area contributed by atoms with E-state index in [-0.39, 0.29) is 24.4 Å².